The Morgan fingerprint density at radius 1 is 0.327 bits per heavy atom. The molecule has 9 nitrogen and oxygen atoms in total. The van der Waals surface area contributed by atoms with Crippen molar-refractivity contribution in [2.24, 2.45) is 5.41 Å². The second kappa shape index (κ2) is 22.7. The lowest BCUT2D eigenvalue weighted by molar-refractivity contribution is -0.457. The number of allylic oxidation sites excluding steroid dienone is 2. The van der Waals surface area contributed by atoms with Gasteiger partial charge < -0.3 is 42.6 Å². The van der Waals surface area contributed by atoms with Crippen molar-refractivity contribution in [3.63, 3.8) is 0 Å². The Hall–Kier alpha value is -2.11. The van der Waals surface area contributed by atoms with Gasteiger partial charge in [0.05, 0.1) is 99.1 Å². The van der Waals surface area contributed by atoms with Crippen molar-refractivity contribution < 1.29 is 126 Å². The predicted octanol–water partition coefficient (Wildman–Crippen LogP) is 7.09. The van der Waals surface area contributed by atoms with Crippen LogP contribution in [0.5, 0.6) is 0 Å². The first-order chi connectivity index (χ1) is 25.1. The molecule has 0 aromatic carbocycles. The Morgan fingerprint density at radius 3 is 0.782 bits per heavy atom. The van der Waals surface area contributed by atoms with Gasteiger partial charge in [-0.3, -0.25) is 0 Å². The molecule has 0 radical (unpaired) electrons. The minimum atomic E-state index is -9.04. The molecule has 0 amide bonds. The fourth-order valence-corrected chi connectivity index (χ4v) is 4.01. The van der Waals surface area contributed by atoms with E-state index in [1.54, 1.807) is 0 Å². The summed E-state index contributed by atoms with van der Waals surface area (Å²) in [7, 11) is 1.53. The Kier molecular flexibility index (Phi) is 21.9. The molecule has 0 heterocycles. The topological polar surface area (TPSA) is 83.1 Å². The van der Waals surface area contributed by atoms with Gasteiger partial charge in [0, 0.05) is 7.11 Å². The molecule has 0 spiro atoms. The lowest BCUT2D eigenvalue weighted by Gasteiger charge is -2.48. The normalized spacial score (nSPS) is 14.8. The highest BCUT2D eigenvalue weighted by Gasteiger charge is 2.96. The van der Waals surface area contributed by atoms with Crippen molar-refractivity contribution in [2.75, 3.05) is 113 Å². The number of ether oxygens (including phenoxy) is 9. The standard InChI is InChI=1S/C27H35F19O9/c1-47-2-3-48-4-5-49-6-7-50-8-9-51-10-11-52-12-13-53-14-15-54-16-17-55-19(22(31,32)33)18(21(28,29)30)20(25(38,39)40,23(34,35)26(41,42)43)24(36,37)27(44,45)46/h2-17H2,1H3. The van der Waals surface area contributed by atoms with Crippen molar-refractivity contribution in [1.82, 2.24) is 0 Å². The molecule has 0 fully saturated rings. The average Bonchev–Trinajstić information content (AvgIpc) is 3.01. The number of hydrogen-bond donors (Lipinski definition) is 0. The quantitative estimate of drug-likeness (QED) is 0.0466. The largest absolute Gasteiger partial charge is 0.486 e. The number of hydrogen-bond acceptors (Lipinski definition) is 9. The Balaban J connectivity index is 5.20. The van der Waals surface area contributed by atoms with Crippen LogP contribution in [0, 0.1) is 5.41 Å². The molecule has 0 aliphatic heterocycles. The first kappa shape index (κ1) is 52.9. The minimum absolute atomic E-state index is 0.0534. The molecule has 0 atom stereocenters. The van der Waals surface area contributed by atoms with Crippen LogP contribution in [0.2, 0.25) is 0 Å². The molecule has 28 heteroatoms. The van der Waals surface area contributed by atoms with E-state index < -0.39 is 85.9 Å². The zero-order chi connectivity index (χ0) is 42.8. The van der Waals surface area contributed by atoms with Crippen LogP contribution in [0.15, 0.2) is 11.3 Å². The van der Waals surface area contributed by atoms with Crippen LogP contribution in [-0.4, -0.2) is 156 Å². The van der Waals surface area contributed by atoms with Gasteiger partial charge in [0.1, 0.15) is 12.2 Å². The summed E-state index contributed by atoms with van der Waals surface area (Å²) < 4.78 is 302. The van der Waals surface area contributed by atoms with Crippen LogP contribution >= 0.6 is 0 Å². The van der Waals surface area contributed by atoms with Gasteiger partial charge in [-0.1, -0.05) is 0 Å². The van der Waals surface area contributed by atoms with Crippen molar-refractivity contribution in [2.45, 2.75) is 42.7 Å². The average molecular weight is 865 g/mol. The van der Waals surface area contributed by atoms with E-state index in [9.17, 15) is 83.4 Å². The third kappa shape index (κ3) is 15.6. The summed E-state index contributed by atoms with van der Waals surface area (Å²) in [6.07, 6.45) is -41.0. The maximum atomic E-state index is 14.3. The first-order valence-corrected chi connectivity index (χ1v) is 15.1. The first-order valence-electron chi connectivity index (χ1n) is 15.1. The predicted molar refractivity (Wildman–Crippen MR) is 143 cm³/mol. The minimum Gasteiger partial charge on any atom is -0.486 e. The lowest BCUT2D eigenvalue weighted by Crippen LogP contribution is -2.73. The van der Waals surface area contributed by atoms with Crippen LogP contribution in [0.3, 0.4) is 0 Å². The molecular formula is C27H35F19O9. The molecule has 0 aliphatic rings. The highest BCUT2D eigenvalue weighted by Crippen LogP contribution is 2.72. The zero-order valence-corrected chi connectivity index (χ0v) is 28.2. The van der Waals surface area contributed by atoms with Gasteiger partial charge in [-0.2, -0.15) is 83.4 Å². The second-order valence-corrected chi connectivity index (χ2v) is 10.2. The summed E-state index contributed by atoms with van der Waals surface area (Å²) in [5.74, 6) is -22.6. The van der Waals surface area contributed by atoms with Gasteiger partial charge in [0.2, 0.25) is 11.2 Å². The van der Waals surface area contributed by atoms with Gasteiger partial charge >= 0.3 is 42.7 Å². The SMILES string of the molecule is COCCOCCOCCOCCOCCOCCOCCOCCOC(=C(C(F)(F)F)C(C(F)(F)F)(C(F)(F)C(F)(F)F)C(F)(F)C(F)(F)F)C(F)(F)F. The molecule has 0 N–H and O–H groups in total. The summed E-state index contributed by atoms with van der Waals surface area (Å²) in [4.78, 5) is 0. The zero-order valence-electron chi connectivity index (χ0n) is 28.2. The third-order valence-corrected chi connectivity index (χ3v) is 6.36. The fraction of sp³-hybridized carbons (Fsp3) is 0.926. The summed E-state index contributed by atoms with van der Waals surface area (Å²) in [5.41, 5.74) is -14.8. The molecule has 0 saturated heterocycles. The fourth-order valence-electron chi connectivity index (χ4n) is 4.01. The van der Waals surface area contributed by atoms with E-state index >= 15 is 0 Å². The highest BCUT2D eigenvalue weighted by atomic mass is 19.4. The Bertz CT molecular complexity index is 1060. The van der Waals surface area contributed by atoms with Crippen molar-refractivity contribution >= 4 is 0 Å². The monoisotopic (exact) mass is 864 g/mol. The van der Waals surface area contributed by atoms with E-state index in [0.29, 0.717) is 39.6 Å². The molecule has 0 bridgehead atoms. The lowest BCUT2D eigenvalue weighted by atomic mass is 9.66. The summed E-state index contributed by atoms with van der Waals surface area (Å²) >= 11 is 0. The smallest absolute Gasteiger partial charge is 0.454 e. The highest BCUT2D eigenvalue weighted by molar-refractivity contribution is 5.37. The van der Waals surface area contributed by atoms with Crippen LogP contribution in [0.25, 0.3) is 0 Å². The molecule has 0 aromatic rings. The second-order valence-electron chi connectivity index (χ2n) is 10.2. The van der Waals surface area contributed by atoms with Gasteiger partial charge in [-0.05, 0) is 0 Å². The third-order valence-electron chi connectivity index (χ3n) is 6.36. The number of methoxy groups -OCH3 is 1. The van der Waals surface area contributed by atoms with E-state index in [0.717, 1.165) is 0 Å². The van der Waals surface area contributed by atoms with Crippen molar-refractivity contribution in [1.29, 1.82) is 0 Å². The molecule has 0 saturated carbocycles. The molecule has 0 unspecified atom stereocenters. The maximum absolute atomic E-state index is 14.3. The van der Waals surface area contributed by atoms with E-state index in [2.05, 4.69) is 9.47 Å². The van der Waals surface area contributed by atoms with Crippen molar-refractivity contribution in [3.05, 3.63) is 11.3 Å². The van der Waals surface area contributed by atoms with Crippen LogP contribution in [-0.2, 0) is 42.6 Å². The Labute approximate surface area is 299 Å². The van der Waals surface area contributed by atoms with Gasteiger partial charge in [0.25, 0.3) is 0 Å². The summed E-state index contributed by atoms with van der Waals surface area (Å²) in [6, 6.07) is 0. The van der Waals surface area contributed by atoms with Gasteiger partial charge in [-0.25, -0.2) is 0 Å². The maximum Gasteiger partial charge on any atom is 0.454 e. The summed E-state index contributed by atoms with van der Waals surface area (Å²) in [5, 5.41) is 0. The van der Waals surface area contributed by atoms with E-state index in [1.165, 1.54) is 7.11 Å². The molecule has 0 rings (SSSR count). The van der Waals surface area contributed by atoms with Crippen LogP contribution in [0.1, 0.15) is 0 Å². The van der Waals surface area contributed by atoms with Crippen molar-refractivity contribution in [3.8, 4) is 0 Å². The molecule has 330 valence electrons. The van der Waals surface area contributed by atoms with Gasteiger partial charge in [-0.15, -0.1) is 0 Å². The molecular weight excluding hydrogens is 829 g/mol. The van der Waals surface area contributed by atoms with Gasteiger partial charge in [0.15, 0.2) is 0 Å². The van der Waals surface area contributed by atoms with E-state index in [-0.39, 0.29) is 39.6 Å². The summed E-state index contributed by atoms with van der Waals surface area (Å²) in [6.45, 7) is -2.31. The van der Waals surface area contributed by atoms with E-state index in [4.69, 9.17) is 33.2 Å². The number of alkyl halides is 19. The molecule has 0 aliphatic carbocycles. The molecule has 55 heavy (non-hydrogen) atoms. The van der Waals surface area contributed by atoms with E-state index in [1.807, 2.05) is 0 Å². The Morgan fingerprint density at radius 2 is 0.582 bits per heavy atom. The molecule has 0 aromatic heterocycles. The van der Waals surface area contributed by atoms with Crippen LogP contribution < -0.4 is 0 Å². The number of rotatable bonds is 28. The van der Waals surface area contributed by atoms with Crippen LogP contribution in [0.4, 0.5) is 83.4 Å². The number of halogens is 19.